The highest BCUT2D eigenvalue weighted by Gasteiger charge is 2.28. The van der Waals surface area contributed by atoms with Crippen molar-refractivity contribution in [3.05, 3.63) is 77.2 Å². The van der Waals surface area contributed by atoms with Crippen molar-refractivity contribution in [2.24, 2.45) is 5.73 Å². The Morgan fingerprint density at radius 1 is 1.06 bits per heavy atom. The molecule has 0 radical (unpaired) electrons. The van der Waals surface area contributed by atoms with E-state index in [1.54, 1.807) is 26.1 Å². The van der Waals surface area contributed by atoms with Crippen LogP contribution in [0.5, 0.6) is 0 Å². The van der Waals surface area contributed by atoms with E-state index in [0.29, 0.717) is 17.0 Å². The molecule has 0 spiro atoms. The second-order valence-electron chi connectivity index (χ2n) is 6.76. The minimum Gasteiger partial charge on any atom is -0.462 e. The van der Waals surface area contributed by atoms with Crippen LogP contribution in [0.15, 0.2) is 54.7 Å². The number of hydrogen-bond acceptors (Lipinski definition) is 6. The predicted octanol–water partition coefficient (Wildman–Crippen LogP) is 3.86. The highest BCUT2D eigenvalue weighted by Crippen LogP contribution is 2.27. The largest absolute Gasteiger partial charge is 0.462 e. The van der Waals surface area contributed by atoms with Gasteiger partial charge in [-0.3, -0.25) is 10.4 Å². The summed E-state index contributed by atoms with van der Waals surface area (Å²) in [6.07, 6.45) is 5.43. The summed E-state index contributed by atoms with van der Waals surface area (Å²) in [4.78, 5) is 29.8. The van der Waals surface area contributed by atoms with Crippen LogP contribution in [0.4, 0.5) is 0 Å². The third-order valence-electron chi connectivity index (χ3n) is 4.51. The predicted molar refractivity (Wildman–Crippen MR) is 131 cm³/mol. The van der Waals surface area contributed by atoms with Crippen molar-refractivity contribution in [3.8, 4) is 11.3 Å². The minimum absolute atomic E-state index is 0.0345. The number of thiocarbonyl (C=S) groups is 1. The second kappa shape index (κ2) is 11.1. The molecule has 0 aliphatic rings. The third kappa shape index (κ3) is 5.83. The lowest BCUT2D eigenvalue weighted by molar-refractivity contribution is 0.0472. The molecule has 0 aliphatic carbocycles. The van der Waals surface area contributed by atoms with Crippen molar-refractivity contribution < 1.29 is 19.1 Å². The Morgan fingerprint density at radius 3 is 2.42 bits per heavy atom. The van der Waals surface area contributed by atoms with Crippen LogP contribution in [0.2, 0.25) is 0 Å². The van der Waals surface area contributed by atoms with E-state index in [4.69, 9.17) is 27.4 Å². The van der Waals surface area contributed by atoms with Gasteiger partial charge in [0.25, 0.3) is 0 Å². The van der Waals surface area contributed by atoms with Gasteiger partial charge in [-0.15, -0.1) is 0 Å². The fraction of sp³-hybridized carbons (Fsp3) is 0.167. The number of rotatable bonds is 8. The first-order valence-corrected chi connectivity index (χ1v) is 10.7. The van der Waals surface area contributed by atoms with Gasteiger partial charge in [0.1, 0.15) is 0 Å². The molecule has 2 aromatic heterocycles. The molecule has 9 heteroatoms. The average molecular weight is 465 g/mol. The minimum atomic E-state index is -0.714. The standard InChI is InChI=1S/C24H24N4O4S/c1-3-31-22(29)19-15-20(28(27-24(25)33)21(19)23(30)32-4-2)17-12-13-26-18(14-17)11-10-16-8-6-5-7-9-16/h5-15H,3-4H2,1-2H3,(H3,25,27,33). The number of carbonyl (C=O) groups is 2. The van der Waals surface area contributed by atoms with Gasteiger partial charge in [0, 0.05) is 11.8 Å². The fourth-order valence-electron chi connectivity index (χ4n) is 3.16. The lowest BCUT2D eigenvalue weighted by Crippen LogP contribution is -2.31. The number of carbonyl (C=O) groups excluding carboxylic acids is 2. The van der Waals surface area contributed by atoms with Gasteiger partial charge >= 0.3 is 11.9 Å². The first-order valence-electron chi connectivity index (χ1n) is 10.3. The Hall–Kier alpha value is -3.98. The molecule has 170 valence electrons. The molecule has 0 saturated heterocycles. The van der Waals surface area contributed by atoms with Gasteiger partial charge in [0.05, 0.1) is 30.2 Å². The van der Waals surface area contributed by atoms with Crippen molar-refractivity contribution in [3.63, 3.8) is 0 Å². The van der Waals surface area contributed by atoms with Crippen LogP contribution >= 0.6 is 12.2 Å². The Morgan fingerprint density at radius 2 is 1.76 bits per heavy atom. The van der Waals surface area contributed by atoms with Gasteiger partial charge in [0.15, 0.2) is 10.8 Å². The van der Waals surface area contributed by atoms with Crippen LogP contribution < -0.4 is 11.2 Å². The van der Waals surface area contributed by atoms with Crippen molar-refractivity contribution in [1.82, 2.24) is 9.66 Å². The molecule has 0 fully saturated rings. The van der Waals surface area contributed by atoms with Gasteiger partial charge in [0.2, 0.25) is 0 Å². The van der Waals surface area contributed by atoms with E-state index in [1.807, 2.05) is 48.6 Å². The average Bonchev–Trinajstić information content (AvgIpc) is 3.17. The summed E-state index contributed by atoms with van der Waals surface area (Å²) < 4.78 is 11.6. The van der Waals surface area contributed by atoms with Crippen molar-refractivity contribution in [2.75, 3.05) is 18.6 Å². The van der Waals surface area contributed by atoms with E-state index in [2.05, 4.69) is 10.4 Å². The number of nitrogens with two attached hydrogens (primary N) is 1. The molecule has 1 aromatic carbocycles. The van der Waals surface area contributed by atoms with E-state index < -0.39 is 11.9 Å². The summed E-state index contributed by atoms with van der Waals surface area (Å²) in [5, 5.41) is -0.0916. The van der Waals surface area contributed by atoms with E-state index >= 15 is 0 Å². The monoisotopic (exact) mass is 464 g/mol. The number of nitrogens with one attached hydrogen (secondary N) is 1. The van der Waals surface area contributed by atoms with Crippen molar-refractivity contribution in [2.45, 2.75) is 13.8 Å². The SMILES string of the molecule is CCOC(=O)c1cc(-c2ccnc(C=Cc3ccccc3)c2)n(NC(N)=S)c1C(=O)OCC. The normalized spacial score (nSPS) is 10.7. The van der Waals surface area contributed by atoms with E-state index in [1.165, 1.54) is 10.7 Å². The number of esters is 2. The maximum absolute atomic E-state index is 12.7. The summed E-state index contributed by atoms with van der Waals surface area (Å²) >= 11 is 5.00. The van der Waals surface area contributed by atoms with E-state index in [-0.39, 0.29) is 29.6 Å². The molecule has 0 unspecified atom stereocenters. The summed E-state index contributed by atoms with van der Waals surface area (Å²) in [7, 11) is 0. The topological polar surface area (TPSA) is 108 Å². The van der Waals surface area contributed by atoms with Gasteiger partial charge < -0.3 is 15.2 Å². The number of aromatic nitrogens is 2. The molecule has 0 bridgehead atoms. The molecule has 8 nitrogen and oxygen atoms in total. The summed E-state index contributed by atoms with van der Waals surface area (Å²) in [5.41, 5.74) is 11.3. The zero-order valence-electron chi connectivity index (χ0n) is 18.3. The Balaban J connectivity index is 2.12. The second-order valence-corrected chi connectivity index (χ2v) is 7.20. The number of pyridine rings is 1. The van der Waals surface area contributed by atoms with Crippen molar-refractivity contribution in [1.29, 1.82) is 0 Å². The smallest absolute Gasteiger partial charge is 0.357 e. The van der Waals surface area contributed by atoms with Crippen LogP contribution in [-0.2, 0) is 9.47 Å². The molecule has 0 saturated carbocycles. The number of benzene rings is 1. The highest BCUT2D eigenvalue weighted by molar-refractivity contribution is 7.80. The third-order valence-corrected chi connectivity index (χ3v) is 4.60. The van der Waals surface area contributed by atoms with Gasteiger partial charge in [-0.2, -0.15) is 0 Å². The van der Waals surface area contributed by atoms with Crippen LogP contribution in [0.25, 0.3) is 23.4 Å². The van der Waals surface area contributed by atoms with Crippen LogP contribution in [0, 0.1) is 0 Å². The summed E-state index contributed by atoms with van der Waals surface area (Å²) in [5.74, 6) is -1.38. The zero-order chi connectivity index (χ0) is 23.8. The Labute approximate surface area is 197 Å². The number of hydrogen-bond donors (Lipinski definition) is 2. The highest BCUT2D eigenvalue weighted by atomic mass is 32.1. The van der Waals surface area contributed by atoms with E-state index in [0.717, 1.165) is 5.56 Å². The summed E-state index contributed by atoms with van der Waals surface area (Å²) in [6, 6.07) is 14.9. The first kappa shape index (κ1) is 23.7. The Kier molecular flexibility index (Phi) is 7.93. The molecule has 3 aromatic rings. The quantitative estimate of drug-likeness (QED) is 0.382. The Bertz CT molecular complexity index is 1190. The van der Waals surface area contributed by atoms with Gasteiger partial charge in [-0.1, -0.05) is 36.4 Å². The molecule has 3 rings (SSSR count). The van der Waals surface area contributed by atoms with Gasteiger partial charge in [-0.25, -0.2) is 14.3 Å². The molecular weight excluding hydrogens is 440 g/mol. The summed E-state index contributed by atoms with van der Waals surface area (Å²) in [6.45, 7) is 3.62. The maximum atomic E-state index is 12.7. The van der Waals surface area contributed by atoms with E-state index in [9.17, 15) is 9.59 Å². The fourth-order valence-corrected chi connectivity index (χ4v) is 3.25. The number of ether oxygens (including phenoxy) is 2. The molecular formula is C24H24N4O4S. The molecule has 0 atom stereocenters. The maximum Gasteiger partial charge on any atom is 0.357 e. The zero-order valence-corrected chi connectivity index (χ0v) is 19.1. The van der Waals surface area contributed by atoms with Crippen molar-refractivity contribution >= 4 is 41.4 Å². The first-order chi connectivity index (χ1) is 15.9. The van der Waals surface area contributed by atoms with Crippen LogP contribution in [0.1, 0.15) is 46.0 Å². The molecule has 0 amide bonds. The van der Waals surface area contributed by atoms with Crippen LogP contribution in [-0.4, -0.2) is 39.9 Å². The van der Waals surface area contributed by atoms with Crippen LogP contribution in [0.3, 0.4) is 0 Å². The molecule has 3 N–H and O–H groups in total. The number of nitrogens with zero attached hydrogens (tertiary/aromatic N) is 2. The lowest BCUT2D eigenvalue weighted by Gasteiger charge is -2.14. The van der Waals surface area contributed by atoms with Gasteiger partial charge in [-0.05, 0) is 55.9 Å². The molecule has 0 aliphatic heterocycles. The molecule has 2 heterocycles. The molecule has 33 heavy (non-hydrogen) atoms. The lowest BCUT2D eigenvalue weighted by atomic mass is 10.1.